The molecule has 0 saturated carbocycles. The van der Waals surface area contributed by atoms with Crippen molar-refractivity contribution in [1.29, 1.82) is 0 Å². The highest BCUT2D eigenvalue weighted by atomic mass is 79.9. The predicted octanol–water partition coefficient (Wildman–Crippen LogP) is 4.06. The number of carbonyl (C=O) groups is 2. The second kappa shape index (κ2) is 8.35. The van der Waals surface area contributed by atoms with Crippen molar-refractivity contribution in [2.24, 2.45) is 0 Å². The van der Waals surface area contributed by atoms with Crippen LogP contribution in [-0.2, 0) is 16.1 Å². The van der Waals surface area contributed by atoms with Crippen LogP contribution in [0.4, 0.5) is 5.69 Å². The van der Waals surface area contributed by atoms with Crippen molar-refractivity contribution in [2.45, 2.75) is 19.4 Å². The van der Waals surface area contributed by atoms with E-state index in [1.54, 1.807) is 24.3 Å². The SMILES string of the molecule is O=C(CCC(=O)c1ccc(Br)cc1)OCc1ccc([N+](=O)[O-])cc1. The summed E-state index contributed by atoms with van der Waals surface area (Å²) >= 11 is 3.29. The Morgan fingerprint density at radius 3 is 2.21 bits per heavy atom. The average Bonchev–Trinajstić information content (AvgIpc) is 2.58. The van der Waals surface area contributed by atoms with E-state index in [1.165, 1.54) is 24.3 Å². The van der Waals surface area contributed by atoms with Crippen molar-refractivity contribution in [2.75, 3.05) is 0 Å². The van der Waals surface area contributed by atoms with Gasteiger partial charge in [-0.1, -0.05) is 28.1 Å². The number of halogens is 1. The molecule has 0 N–H and O–H groups in total. The Morgan fingerprint density at radius 2 is 1.62 bits per heavy atom. The molecule has 24 heavy (non-hydrogen) atoms. The van der Waals surface area contributed by atoms with Gasteiger partial charge in [0.1, 0.15) is 6.61 Å². The molecule has 0 spiro atoms. The summed E-state index contributed by atoms with van der Waals surface area (Å²) in [4.78, 5) is 33.7. The van der Waals surface area contributed by atoms with Gasteiger partial charge in [-0.05, 0) is 29.8 Å². The van der Waals surface area contributed by atoms with E-state index >= 15 is 0 Å². The first-order valence-corrected chi connectivity index (χ1v) is 7.93. The first-order chi connectivity index (χ1) is 11.5. The molecular formula is C17H14BrNO5. The van der Waals surface area contributed by atoms with Gasteiger partial charge in [0, 0.05) is 28.6 Å². The second-order valence-electron chi connectivity index (χ2n) is 5.01. The lowest BCUT2D eigenvalue weighted by Gasteiger charge is -2.05. The van der Waals surface area contributed by atoms with Gasteiger partial charge in [-0.25, -0.2) is 0 Å². The van der Waals surface area contributed by atoms with Crippen LogP contribution in [0, 0.1) is 10.1 Å². The zero-order valence-electron chi connectivity index (χ0n) is 12.6. The van der Waals surface area contributed by atoms with Crippen LogP contribution in [0.15, 0.2) is 53.0 Å². The molecule has 0 atom stereocenters. The summed E-state index contributed by atoms with van der Waals surface area (Å²) in [6.07, 6.45) is 0.0581. The van der Waals surface area contributed by atoms with Gasteiger partial charge in [-0.15, -0.1) is 0 Å². The van der Waals surface area contributed by atoms with Crippen molar-refractivity contribution in [3.05, 3.63) is 74.2 Å². The third-order valence-electron chi connectivity index (χ3n) is 3.27. The van der Waals surface area contributed by atoms with Gasteiger partial charge < -0.3 is 4.74 Å². The minimum atomic E-state index is -0.497. The number of ether oxygens (including phenoxy) is 1. The number of non-ortho nitro benzene ring substituents is 1. The second-order valence-corrected chi connectivity index (χ2v) is 5.93. The minimum Gasteiger partial charge on any atom is -0.461 e. The van der Waals surface area contributed by atoms with Crippen molar-refractivity contribution in [3.8, 4) is 0 Å². The van der Waals surface area contributed by atoms with E-state index in [1.807, 2.05) is 0 Å². The Hall–Kier alpha value is -2.54. The van der Waals surface area contributed by atoms with Crippen LogP contribution in [0.2, 0.25) is 0 Å². The van der Waals surface area contributed by atoms with Crippen LogP contribution in [0.25, 0.3) is 0 Å². The van der Waals surface area contributed by atoms with Gasteiger partial charge in [0.05, 0.1) is 11.3 Å². The van der Waals surface area contributed by atoms with Gasteiger partial charge in [0.2, 0.25) is 0 Å². The summed E-state index contributed by atoms with van der Waals surface area (Å²) in [6, 6.07) is 12.7. The number of benzene rings is 2. The Balaban J connectivity index is 1.77. The highest BCUT2D eigenvalue weighted by Gasteiger charge is 2.11. The van der Waals surface area contributed by atoms with E-state index in [9.17, 15) is 19.7 Å². The van der Waals surface area contributed by atoms with E-state index in [0.29, 0.717) is 11.1 Å². The summed E-state index contributed by atoms with van der Waals surface area (Å²) in [5.74, 6) is -0.617. The van der Waals surface area contributed by atoms with Crippen molar-refractivity contribution < 1.29 is 19.2 Å². The Morgan fingerprint density at radius 1 is 1.00 bits per heavy atom. The Kier molecular flexibility index (Phi) is 6.20. The molecule has 0 heterocycles. The van der Waals surface area contributed by atoms with E-state index in [-0.39, 0.29) is 30.9 Å². The maximum Gasteiger partial charge on any atom is 0.306 e. The smallest absolute Gasteiger partial charge is 0.306 e. The largest absolute Gasteiger partial charge is 0.461 e. The van der Waals surface area contributed by atoms with Gasteiger partial charge in [0.15, 0.2) is 5.78 Å². The number of nitrogens with zero attached hydrogens (tertiary/aromatic N) is 1. The molecule has 7 heteroatoms. The number of Topliss-reactive ketones (excluding diaryl/α,β-unsaturated/α-hetero) is 1. The lowest BCUT2D eigenvalue weighted by Crippen LogP contribution is -2.08. The molecule has 0 saturated heterocycles. The molecule has 0 aliphatic carbocycles. The van der Waals surface area contributed by atoms with Gasteiger partial charge >= 0.3 is 5.97 Å². The molecular weight excluding hydrogens is 378 g/mol. The van der Waals surface area contributed by atoms with E-state index in [4.69, 9.17) is 4.74 Å². The highest BCUT2D eigenvalue weighted by Crippen LogP contribution is 2.14. The predicted molar refractivity (Wildman–Crippen MR) is 90.6 cm³/mol. The summed E-state index contributed by atoms with van der Waals surface area (Å²) < 4.78 is 5.94. The fourth-order valence-electron chi connectivity index (χ4n) is 1.95. The quantitative estimate of drug-likeness (QED) is 0.307. The third kappa shape index (κ3) is 5.27. The highest BCUT2D eigenvalue weighted by molar-refractivity contribution is 9.10. The van der Waals surface area contributed by atoms with E-state index < -0.39 is 10.9 Å². The summed E-state index contributed by atoms with van der Waals surface area (Å²) in [7, 11) is 0. The molecule has 0 aliphatic heterocycles. The number of ketones is 1. The zero-order valence-corrected chi connectivity index (χ0v) is 14.2. The molecule has 124 valence electrons. The number of carbonyl (C=O) groups excluding carboxylic acids is 2. The average molecular weight is 392 g/mol. The molecule has 0 aromatic heterocycles. The molecule has 0 radical (unpaired) electrons. The van der Waals surface area contributed by atoms with Crippen molar-refractivity contribution in [3.63, 3.8) is 0 Å². The van der Waals surface area contributed by atoms with E-state index in [2.05, 4.69) is 15.9 Å². The molecule has 0 bridgehead atoms. The molecule has 2 aromatic carbocycles. The molecule has 0 amide bonds. The van der Waals surface area contributed by atoms with Crippen LogP contribution < -0.4 is 0 Å². The summed E-state index contributed by atoms with van der Waals surface area (Å²) in [5, 5.41) is 10.5. The Labute approximate surface area is 146 Å². The fourth-order valence-corrected chi connectivity index (χ4v) is 2.21. The number of nitro groups is 1. The first-order valence-electron chi connectivity index (χ1n) is 7.13. The topological polar surface area (TPSA) is 86.5 Å². The van der Waals surface area contributed by atoms with Crippen LogP contribution in [-0.4, -0.2) is 16.7 Å². The molecule has 0 fully saturated rings. The number of esters is 1. The normalized spacial score (nSPS) is 10.2. The summed E-state index contributed by atoms with van der Waals surface area (Å²) in [5.41, 5.74) is 1.17. The standard InChI is InChI=1S/C17H14BrNO5/c18-14-5-3-13(4-6-14)16(20)9-10-17(21)24-11-12-1-7-15(8-2-12)19(22)23/h1-8H,9-11H2. The van der Waals surface area contributed by atoms with Gasteiger partial charge in [-0.3, -0.25) is 19.7 Å². The van der Waals surface area contributed by atoms with Crippen LogP contribution in [0.5, 0.6) is 0 Å². The van der Waals surface area contributed by atoms with E-state index in [0.717, 1.165) is 4.47 Å². The molecule has 0 unspecified atom stereocenters. The van der Waals surface area contributed by atoms with Crippen LogP contribution >= 0.6 is 15.9 Å². The summed E-state index contributed by atoms with van der Waals surface area (Å²) in [6.45, 7) is 0.0172. The maximum atomic E-state index is 11.9. The fraction of sp³-hybridized carbons (Fsp3) is 0.176. The number of nitro benzene ring substituents is 1. The van der Waals surface area contributed by atoms with Gasteiger partial charge in [-0.2, -0.15) is 0 Å². The van der Waals surface area contributed by atoms with Crippen LogP contribution in [0.3, 0.4) is 0 Å². The zero-order chi connectivity index (χ0) is 17.5. The molecule has 0 aliphatic rings. The molecule has 2 rings (SSSR count). The molecule has 2 aromatic rings. The minimum absolute atomic E-state index is 0.0120. The lowest BCUT2D eigenvalue weighted by molar-refractivity contribution is -0.384. The van der Waals surface area contributed by atoms with Crippen molar-refractivity contribution in [1.82, 2.24) is 0 Å². The van der Waals surface area contributed by atoms with Crippen LogP contribution in [0.1, 0.15) is 28.8 Å². The Bertz CT molecular complexity index is 741. The number of hydrogen-bond donors (Lipinski definition) is 0. The lowest BCUT2D eigenvalue weighted by atomic mass is 10.1. The maximum absolute atomic E-state index is 11.9. The third-order valence-corrected chi connectivity index (χ3v) is 3.80. The molecule has 6 nitrogen and oxygen atoms in total. The first kappa shape index (κ1) is 17.8. The van der Waals surface area contributed by atoms with Crippen molar-refractivity contribution >= 4 is 33.4 Å². The number of hydrogen-bond acceptors (Lipinski definition) is 5. The van der Waals surface area contributed by atoms with Gasteiger partial charge in [0.25, 0.3) is 5.69 Å². The number of rotatable bonds is 7. The monoisotopic (exact) mass is 391 g/mol.